The van der Waals surface area contributed by atoms with Gasteiger partial charge in [-0.05, 0) is 47.0 Å². The second-order valence-electron chi connectivity index (χ2n) is 5.19. The van der Waals surface area contributed by atoms with Crippen LogP contribution in [0.3, 0.4) is 0 Å². The van der Waals surface area contributed by atoms with Gasteiger partial charge >= 0.3 is 0 Å². The van der Waals surface area contributed by atoms with E-state index in [2.05, 4.69) is 31.9 Å². The van der Waals surface area contributed by atoms with Crippen LogP contribution in [0, 0.1) is 0 Å². The molecule has 0 aromatic heterocycles. The zero-order valence-corrected chi connectivity index (χ0v) is 14.3. The van der Waals surface area contributed by atoms with Gasteiger partial charge in [0.25, 0.3) is 5.91 Å². The predicted molar refractivity (Wildman–Crippen MR) is 85.4 cm³/mol. The van der Waals surface area contributed by atoms with Gasteiger partial charge < -0.3 is 4.90 Å². The largest absolute Gasteiger partial charge is 0.339 e. The summed E-state index contributed by atoms with van der Waals surface area (Å²) in [6.07, 6.45) is 7.36. The van der Waals surface area contributed by atoms with Gasteiger partial charge in [-0.15, -0.1) is 0 Å². The molecule has 0 saturated heterocycles. The van der Waals surface area contributed by atoms with Gasteiger partial charge in [-0.3, -0.25) is 4.79 Å². The molecule has 1 aromatic carbocycles. The fourth-order valence-electron chi connectivity index (χ4n) is 2.66. The molecule has 0 spiro atoms. The van der Waals surface area contributed by atoms with Crippen molar-refractivity contribution in [3.8, 4) is 0 Å². The second-order valence-corrected chi connectivity index (χ2v) is 6.96. The van der Waals surface area contributed by atoms with E-state index in [1.165, 1.54) is 25.7 Å². The second kappa shape index (κ2) is 6.89. The van der Waals surface area contributed by atoms with Crippen LogP contribution in [-0.2, 0) is 0 Å². The van der Waals surface area contributed by atoms with Crippen LogP contribution >= 0.6 is 31.9 Å². The van der Waals surface area contributed by atoms with E-state index in [9.17, 15) is 4.79 Å². The van der Waals surface area contributed by atoms with E-state index in [0.717, 1.165) is 27.4 Å². The number of carbonyl (C=O) groups excluding carboxylic acids is 1. The molecule has 1 aliphatic carbocycles. The fraction of sp³-hybridized carbons (Fsp3) is 0.533. The van der Waals surface area contributed by atoms with E-state index in [1.54, 1.807) is 0 Å². The van der Waals surface area contributed by atoms with Crippen molar-refractivity contribution < 1.29 is 4.79 Å². The van der Waals surface area contributed by atoms with Crippen LogP contribution in [0.1, 0.15) is 48.9 Å². The zero-order valence-electron chi connectivity index (χ0n) is 11.2. The third-order valence-electron chi connectivity index (χ3n) is 3.85. The molecular formula is C15H19Br2NO. The average molecular weight is 389 g/mol. The quantitative estimate of drug-likeness (QED) is 0.652. The van der Waals surface area contributed by atoms with Crippen molar-refractivity contribution in [1.82, 2.24) is 4.90 Å². The van der Waals surface area contributed by atoms with Crippen molar-refractivity contribution in [2.24, 2.45) is 0 Å². The third kappa shape index (κ3) is 3.82. The highest BCUT2D eigenvalue weighted by atomic mass is 79.9. The van der Waals surface area contributed by atoms with Crippen molar-refractivity contribution in [3.05, 3.63) is 32.7 Å². The summed E-state index contributed by atoms with van der Waals surface area (Å²) in [6, 6.07) is 6.11. The van der Waals surface area contributed by atoms with Crippen LogP contribution in [0.5, 0.6) is 0 Å². The highest BCUT2D eigenvalue weighted by molar-refractivity contribution is 9.11. The molecule has 0 atom stereocenters. The first-order chi connectivity index (χ1) is 9.09. The summed E-state index contributed by atoms with van der Waals surface area (Å²) in [5.74, 6) is 0.117. The number of hydrogen-bond donors (Lipinski definition) is 0. The van der Waals surface area contributed by atoms with Crippen molar-refractivity contribution in [1.29, 1.82) is 0 Å². The number of nitrogens with zero attached hydrogens (tertiary/aromatic N) is 1. The molecule has 1 aliphatic rings. The summed E-state index contributed by atoms with van der Waals surface area (Å²) >= 11 is 6.89. The Balaban J connectivity index is 2.13. The normalized spacial score (nSPS) is 17.0. The summed E-state index contributed by atoms with van der Waals surface area (Å²) in [4.78, 5) is 14.5. The van der Waals surface area contributed by atoms with E-state index in [4.69, 9.17) is 0 Å². The van der Waals surface area contributed by atoms with Gasteiger partial charge in [-0.1, -0.05) is 41.6 Å². The molecule has 1 amide bonds. The number of carbonyl (C=O) groups is 1. The molecule has 0 unspecified atom stereocenters. The first-order valence-electron chi connectivity index (χ1n) is 6.82. The summed E-state index contributed by atoms with van der Waals surface area (Å²) in [5.41, 5.74) is 0.745. The molecule has 2 rings (SSSR count). The highest BCUT2D eigenvalue weighted by Gasteiger charge is 2.23. The standard InChI is InChI=1S/C15H19Br2NO/c1-18(12-6-4-2-3-5-7-12)15(19)13-9-8-11(16)10-14(13)17/h8-10,12H,2-7H2,1H3. The van der Waals surface area contributed by atoms with Crippen LogP contribution in [0.25, 0.3) is 0 Å². The Kier molecular flexibility index (Phi) is 5.46. The Labute approximate surface area is 131 Å². The number of amides is 1. The molecule has 1 aromatic rings. The maximum atomic E-state index is 12.6. The van der Waals surface area contributed by atoms with Crippen LogP contribution < -0.4 is 0 Å². The molecule has 0 radical (unpaired) electrons. The molecule has 2 nitrogen and oxygen atoms in total. The molecule has 0 heterocycles. The lowest BCUT2D eigenvalue weighted by Gasteiger charge is -2.27. The molecule has 0 bridgehead atoms. The number of hydrogen-bond acceptors (Lipinski definition) is 1. The minimum absolute atomic E-state index is 0.117. The predicted octanol–water partition coefficient (Wildman–Crippen LogP) is 5.01. The van der Waals surface area contributed by atoms with Gasteiger partial charge in [0, 0.05) is 22.0 Å². The smallest absolute Gasteiger partial charge is 0.254 e. The SMILES string of the molecule is CN(C(=O)c1ccc(Br)cc1Br)C1CCCCCC1. The topological polar surface area (TPSA) is 20.3 Å². The van der Waals surface area contributed by atoms with Gasteiger partial charge in [0.05, 0.1) is 5.56 Å². The summed E-state index contributed by atoms with van der Waals surface area (Å²) in [6.45, 7) is 0. The van der Waals surface area contributed by atoms with E-state index >= 15 is 0 Å². The molecular weight excluding hydrogens is 370 g/mol. The summed E-state index contributed by atoms with van der Waals surface area (Å²) < 4.78 is 1.83. The fourth-order valence-corrected chi connectivity index (χ4v) is 3.88. The molecule has 1 saturated carbocycles. The molecule has 1 fully saturated rings. The van der Waals surface area contributed by atoms with Gasteiger partial charge in [0.1, 0.15) is 0 Å². The zero-order chi connectivity index (χ0) is 13.8. The first-order valence-corrected chi connectivity index (χ1v) is 8.40. The maximum absolute atomic E-state index is 12.6. The molecule has 0 N–H and O–H groups in total. The van der Waals surface area contributed by atoms with Gasteiger partial charge in [0.2, 0.25) is 0 Å². The molecule has 4 heteroatoms. The number of rotatable bonds is 2. The van der Waals surface area contributed by atoms with Gasteiger partial charge in [0.15, 0.2) is 0 Å². The Morgan fingerprint density at radius 1 is 1.16 bits per heavy atom. The molecule has 0 aliphatic heterocycles. The highest BCUT2D eigenvalue weighted by Crippen LogP contribution is 2.26. The van der Waals surface area contributed by atoms with Gasteiger partial charge in [-0.25, -0.2) is 0 Å². The summed E-state index contributed by atoms with van der Waals surface area (Å²) in [5, 5.41) is 0. The van der Waals surface area contributed by atoms with Gasteiger partial charge in [-0.2, -0.15) is 0 Å². The monoisotopic (exact) mass is 387 g/mol. The molecule has 19 heavy (non-hydrogen) atoms. The lowest BCUT2D eigenvalue weighted by molar-refractivity contribution is 0.0717. The molecule has 104 valence electrons. The Bertz CT molecular complexity index is 453. The average Bonchev–Trinajstić information content (AvgIpc) is 2.66. The Morgan fingerprint density at radius 3 is 2.37 bits per heavy atom. The third-order valence-corrected chi connectivity index (χ3v) is 5.00. The minimum atomic E-state index is 0.117. The van der Waals surface area contributed by atoms with E-state index in [1.807, 2.05) is 30.1 Å². The van der Waals surface area contributed by atoms with Crippen LogP contribution in [0.2, 0.25) is 0 Å². The summed E-state index contributed by atoms with van der Waals surface area (Å²) in [7, 11) is 1.94. The Hall–Kier alpha value is -0.350. The number of halogens is 2. The lowest BCUT2D eigenvalue weighted by atomic mass is 10.1. The van der Waals surface area contributed by atoms with E-state index in [0.29, 0.717) is 6.04 Å². The maximum Gasteiger partial charge on any atom is 0.254 e. The first kappa shape index (κ1) is 15.0. The van der Waals surface area contributed by atoms with Crippen molar-refractivity contribution in [3.63, 3.8) is 0 Å². The van der Waals surface area contributed by atoms with Crippen molar-refractivity contribution in [2.75, 3.05) is 7.05 Å². The van der Waals surface area contributed by atoms with E-state index < -0.39 is 0 Å². The van der Waals surface area contributed by atoms with Crippen LogP contribution in [-0.4, -0.2) is 23.9 Å². The van der Waals surface area contributed by atoms with Crippen LogP contribution in [0.4, 0.5) is 0 Å². The Morgan fingerprint density at radius 2 is 1.79 bits per heavy atom. The lowest BCUT2D eigenvalue weighted by Crippen LogP contribution is -2.36. The van der Waals surface area contributed by atoms with Crippen molar-refractivity contribution >= 4 is 37.8 Å². The van der Waals surface area contributed by atoms with E-state index in [-0.39, 0.29) is 5.91 Å². The minimum Gasteiger partial charge on any atom is -0.339 e. The van der Waals surface area contributed by atoms with Crippen LogP contribution in [0.15, 0.2) is 27.1 Å². The number of benzene rings is 1. The van der Waals surface area contributed by atoms with Crippen molar-refractivity contribution in [2.45, 2.75) is 44.6 Å².